The van der Waals surface area contributed by atoms with E-state index in [1.807, 2.05) is 13.8 Å². The van der Waals surface area contributed by atoms with Crippen molar-refractivity contribution in [1.82, 2.24) is 20.1 Å². The Balaban J connectivity index is 1.70. The number of carbonyl (C=O) groups is 2. The second kappa shape index (κ2) is 12.0. The van der Waals surface area contributed by atoms with E-state index in [-0.39, 0.29) is 44.2 Å². The summed E-state index contributed by atoms with van der Waals surface area (Å²) in [7, 11) is 1.76. The van der Waals surface area contributed by atoms with Gasteiger partial charge in [0, 0.05) is 17.1 Å². The monoisotopic (exact) mass is 593 g/mol. The van der Waals surface area contributed by atoms with Crippen LogP contribution in [0.4, 0.5) is 5.69 Å². The van der Waals surface area contributed by atoms with Gasteiger partial charge >= 0.3 is 0 Å². The van der Waals surface area contributed by atoms with Crippen molar-refractivity contribution in [2.45, 2.75) is 25.0 Å². The van der Waals surface area contributed by atoms with Crippen molar-refractivity contribution in [3.63, 3.8) is 0 Å². The van der Waals surface area contributed by atoms with Crippen molar-refractivity contribution in [1.29, 1.82) is 0 Å². The van der Waals surface area contributed by atoms with Crippen molar-refractivity contribution in [3.8, 4) is 0 Å². The molecule has 3 rings (SSSR count). The summed E-state index contributed by atoms with van der Waals surface area (Å²) in [4.78, 5) is 25.3. The van der Waals surface area contributed by atoms with Crippen molar-refractivity contribution in [2.24, 2.45) is 13.0 Å². The molecule has 1 atom stereocenters. The molecule has 1 heterocycles. The largest absolute Gasteiger partial charge is 0.342 e. The van der Waals surface area contributed by atoms with E-state index in [9.17, 15) is 9.59 Å². The van der Waals surface area contributed by atoms with Crippen molar-refractivity contribution >= 4 is 87.3 Å². The summed E-state index contributed by atoms with van der Waals surface area (Å²) in [6.45, 7) is 3.89. The van der Waals surface area contributed by atoms with Gasteiger partial charge in [0.2, 0.25) is 5.91 Å². The Hall–Kier alpha value is -1.68. The molecule has 7 nitrogen and oxygen atoms in total. The summed E-state index contributed by atoms with van der Waals surface area (Å²) in [5, 5.41) is 16.1. The molecule has 186 valence electrons. The summed E-state index contributed by atoms with van der Waals surface area (Å²) >= 11 is 31.4. The number of nitrogens with one attached hydrogen (secondary N) is 2. The smallest absolute Gasteiger partial charge is 0.253 e. The molecule has 0 fully saturated rings. The third kappa shape index (κ3) is 6.96. The maximum Gasteiger partial charge on any atom is 0.253 e. The van der Waals surface area contributed by atoms with Crippen LogP contribution in [0.1, 0.15) is 36.1 Å². The van der Waals surface area contributed by atoms with E-state index in [0.717, 1.165) is 0 Å². The Morgan fingerprint density at radius 2 is 1.60 bits per heavy atom. The van der Waals surface area contributed by atoms with Gasteiger partial charge in [0.05, 0.1) is 38.1 Å². The molecule has 0 bridgehead atoms. The van der Waals surface area contributed by atoms with E-state index in [4.69, 9.17) is 58.0 Å². The number of hydrogen-bond acceptors (Lipinski definition) is 5. The highest BCUT2D eigenvalue weighted by Gasteiger charge is 2.26. The van der Waals surface area contributed by atoms with Crippen molar-refractivity contribution in [2.75, 3.05) is 11.1 Å². The van der Waals surface area contributed by atoms with Crippen LogP contribution >= 0.6 is 69.8 Å². The lowest BCUT2D eigenvalue weighted by Gasteiger charge is -2.22. The maximum atomic E-state index is 12.9. The van der Waals surface area contributed by atoms with Gasteiger partial charge in [-0.2, -0.15) is 0 Å². The maximum absolute atomic E-state index is 12.9. The van der Waals surface area contributed by atoms with E-state index < -0.39 is 6.04 Å². The summed E-state index contributed by atoms with van der Waals surface area (Å²) in [6, 6.07) is 7.19. The topological polar surface area (TPSA) is 88.9 Å². The molecule has 0 unspecified atom stereocenters. The number of anilines is 1. The first-order chi connectivity index (χ1) is 16.5. The van der Waals surface area contributed by atoms with Crippen LogP contribution in [0.25, 0.3) is 0 Å². The molecule has 35 heavy (non-hydrogen) atoms. The number of carbonyl (C=O) groups excluding carboxylic acids is 2. The fraction of sp³-hybridized carbons (Fsp3) is 0.273. The third-order valence-corrected chi connectivity index (χ3v) is 7.26. The number of thioether (sulfide) groups is 1. The first-order valence-corrected chi connectivity index (χ1v) is 13.1. The number of hydrogen-bond donors (Lipinski definition) is 2. The number of rotatable bonds is 8. The average molecular weight is 596 g/mol. The molecular weight excluding hydrogens is 576 g/mol. The molecule has 2 N–H and O–H groups in total. The predicted molar refractivity (Wildman–Crippen MR) is 143 cm³/mol. The molecule has 13 heteroatoms. The Kier molecular flexibility index (Phi) is 9.60. The molecule has 0 aliphatic rings. The van der Waals surface area contributed by atoms with Gasteiger partial charge in [-0.25, -0.2) is 0 Å². The fourth-order valence-corrected chi connectivity index (χ4v) is 5.24. The highest BCUT2D eigenvalue weighted by atomic mass is 35.5. The minimum atomic E-state index is -0.457. The molecule has 0 radical (unpaired) electrons. The Bertz CT molecular complexity index is 1240. The number of nitrogens with zero attached hydrogens (tertiary/aromatic N) is 3. The predicted octanol–water partition coefficient (Wildman–Crippen LogP) is 6.94. The lowest BCUT2D eigenvalue weighted by molar-refractivity contribution is -0.113. The highest BCUT2D eigenvalue weighted by molar-refractivity contribution is 7.99. The summed E-state index contributed by atoms with van der Waals surface area (Å²) in [5.41, 5.74) is 0.583. The van der Waals surface area contributed by atoms with Gasteiger partial charge in [-0.15, -0.1) is 10.2 Å². The van der Waals surface area contributed by atoms with Crippen LogP contribution in [0.2, 0.25) is 25.1 Å². The molecule has 0 aliphatic carbocycles. The first-order valence-electron chi connectivity index (χ1n) is 10.2. The molecule has 0 spiro atoms. The fourth-order valence-electron chi connectivity index (χ4n) is 3.11. The molecule has 0 saturated heterocycles. The summed E-state index contributed by atoms with van der Waals surface area (Å²) in [6.07, 6.45) is 0. The zero-order valence-electron chi connectivity index (χ0n) is 18.7. The standard InChI is InChI=1S/C22H20Cl5N5O2S/c1-10(2)18(29-21(34)13-5-4-11(23)6-14(13)25)20-30-31-22(32(20)3)35-9-17(33)28-19-15(26)7-12(24)8-16(19)27/h4-8,10,18H,9H2,1-3H3,(H,28,33)(H,29,34)/t18-/m0/s1. The van der Waals surface area contributed by atoms with Gasteiger partial charge in [-0.05, 0) is 36.2 Å². The van der Waals surface area contributed by atoms with E-state index in [0.29, 0.717) is 26.6 Å². The van der Waals surface area contributed by atoms with Gasteiger partial charge in [0.25, 0.3) is 5.91 Å². The average Bonchev–Trinajstić information content (AvgIpc) is 3.12. The molecule has 0 aliphatic heterocycles. The van der Waals surface area contributed by atoms with Gasteiger partial charge in [0.1, 0.15) is 0 Å². The summed E-state index contributed by atoms with van der Waals surface area (Å²) < 4.78 is 1.73. The lowest BCUT2D eigenvalue weighted by atomic mass is 10.0. The third-order valence-electron chi connectivity index (χ3n) is 4.88. The number of aromatic nitrogens is 3. The van der Waals surface area contributed by atoms with Crippen LogP contribution in [0.5, 0.6) is 0 Å². The van der Waals surface area contributed by atoms with E-state index >= 15 is 0 Å². The second-order valence-corrected chi connectivity index (χ2v) is 10.8. The first kappa shape index (κ1) is 27.9. The zero-order valence-corrected chi connectivity index (χ0v) is 23.3. The molecule has 2 amide bonds. The minimum absolute atomic E-state index is 0.0109. The van der Waals surface area contributed by atoms with Gasteiger partial charge < -0.3 is 15.2 Å². The van der Waals surface area contributed by atoms with Gasteiger partial charge in [0.15, 0.2) is 11.0 Å². The molecule has 3 aromatic rings. The molecule has 2 aromatic carbocycles. The summed E-state index contributed by atoms with van der Waals surface area (Å²) in [5.74, 6) is -0.149. The van der Waals surface area contributed by atoms with Crippen LogP contribution in [0.15, 0.2) is 35.5 Å². The Morgan fingerprint density at radius 3 is 2.20 bits per heavy atom. The minimum Gasteiger partial charge on any atom is -0.342 e. The second-order valence-electron chi connectivity index (χ2n) is 7.80. The van der Waals surface area contributed by atoms with E-state index in [1.54, 1.807) is 23.7 Å². The van der Waals surface area contributed by atoms with Gasteiger partial charge in [-0.1, -0.05) is 83.6 Å². The molecule has 0 saturated carbocycles. The van der Waals surface area contributed by atoms with Crippen LogP contribution < -0.4 is 10.6 Å². The van der Waals surface area contributed by atoms with Crippen LogP contribution in [0, 0.1) is 5.92 Å². The van der Waals surface area contributed by atoms with Crippen molar-refractivity contribution < 1.29 is 9.59 Å². The van der Waals surface area contributed by atoms with E-state index in [2.05, 4.69) is 20.8 Å². The normalized spacial score (nSPS) is 12.0. The molecule has 1 aromatic heterocycles. The van der Waals surface area contributed by atoms with Crippen LogP contribution in [0.3, 0.4) is 0 Å². The van der Waals surface area contributed by atoms with Crippen molar-refractivity contribution in [3.05, 3.63) is 66.8 Å². The zero-order chi connectivity index (χ0) is 25.9. The number of halogens is 5. The van der Waals surface area contributed by atoms with Crippen LogP contribution in [-0.2, 0) is 11.8 Å². The quantitative estimate of drug-likeness (QED) is 0.276. The van der Waals surface area contributed by atoms with Gasteiger partial charge in [-0.3, -0.25) is 9.59 Å². The lowest BCUT2D eigenvalue weighted by Crippen LogP contribution is -2.33. The van der Waals surface area contributed by atoms with E-state index in [1.165, 1.54) is 30.0 Å². The highest BCUT2D eigenvalue weighted by Crippen LogP contribution is 2.34. The SMILES string of the molecule is CC(C)[C@H](NC(=O)c1ccc(Cl)cc1Cl)c1nnc(SCC(=O)Nc2c(Cl)cc(Cl)cc2Cl)n1C. The Morgan fingerprint density at radius 1 is 0.971 bits per heavy atom. The number of amides is 2. The number of benzene rings is 2. The van der Waals surface area contributed by atoms with Crippen LogP contribution in [-0.4, -0.2) is 32.3 Å². The Labute approximate surface area is 231 Å². The molecular formula is C22H20Cl5N5O2S.